The number of hydrogen-bond acceptors (Lipinski definition) is 1. The molecule has 2 nitrogen and oxygen atoms in total. The van der Waals surface area contributed by atoms with E-state index in [0.717, 1.165) is 11.1 Å². The van der Waals surface area contributed by atoms with Crippen molar-refractivity contribution < 1.29 is 4.79 Å². The molecule has 2 heteroatoms. The number of benzene rings is 1. The molecular formula is C14H23NO. The molecule has 0 aliphatic carbocycles. The molecular weight excluding hydrogens is 198 g/mol. The highest BCUT2D eigenvalue weighted by molar-refractivity contribution is 5.99. The molecule has 0 atom stereocenters. The lowest BCUT2D eigenvalue weighted by Gasteiger charge is -2.18. The summed E-state index contributed by atoms with van der Waals surface area (Å²) in [5.74, 6) is 0.0376. The number of nitrogens with one attached hydrogen (secondary N) is 1. The first-order valence-electron chi connectivity index (χ1n) is 6.03. The van der Waals surface area contributed by atoms with E-state index in [1.54, 1.807) is 0 Å². The van der Waals surface area contributed by atoms with E-state index in [-0.39, 0.29) is 11.4 Å². The van der Waals surface area contributed by atoms with Crippen LogP contribution in [0.4, 0.5) is 0 Å². The lowest BCUT2D eigenvalue weighted by Crippen LogP contribution is -2.32. The largest absolute Gasteiger partial charge is 0.343 e. The molecule has 1 heterocycles. The topological polar surface area (TPSA) is 29.1 Å². The highest BCUT2D eigenvalue weighted by Crippen LogP contribution is 2.29. The van der Waals surface area contributed by atoms with Gasteiger partial charge in [0, 0.05) is 5.56 Å². The maximum Gasteiger partial charge on any atom is 0.252 e. The van der Waals surface area contributed by atoms with Crippen LogP contribution in [0.2, 0.25) is 0 Å². The van der Waals surface area contributed by atoms with Crippen molar-refractivity contribution in [3.63, 3.8) is 0 Å². The maximum atomic E-state index is 11.4. The highest BCUT2D eigenvalue weighted by atomic mass is 16.2. The molecule has 1 aliphatic heterocycles. The molecule has 0 radical (unpaired) electrons. The van der Waals surface area contributed by atoms with Crippen molar-refractivity contribution in [3.05, 3.63) is 35.4 Å². The average molecular weight is 221 g/mol. The van der Waals surface area contributed by atoms with Gasteiger partial charge < -0.3 is 5.32 Å². The van der Waals surface area contributed by atoms with Crippen molar-refractivity contribution in [2.45, 2.75) is 47.1 Å². The van der Waals surface area contributed by atoms with Crippen LogP contribution >= 0.6 is 0 Å². The van der Waals surface area contributed by atoms with E-state index >= 15 is 0 Å². The van der Waals surface area contributed by atoms with E-state index in [1.165, 1.54) is 0 Å². The first-order chi connectivity index (χ1) is 7.61. The standard InChI is InChI=1S/C10H11NO.2C2H6/c1-10(2)8-6-4-3-5-7(8)9(12)11-10;2*1-2/h3-6H,1-2H3,(H,11,12);2*1-2H3. The van der Waals surface area contributed by atoms with E-state index in [4.69, 9.17) is 0 Å². The molecule has 0 bridgehead atoms. The molecule has 1 aliphatic rings. The summed E-state index contributed by atoms with van der Waals surface area (Å²) in [6, 6.07) is 7.70. The minimum atomic E-state index is -0.201. The highest BCUT2D eigenvalue weighted by Gasteiger charge is 2.33. The second-order valence-corrected chi connectivity index (χ2v) is 3.62. The van der Waals surface area contributed by atoms with Crippen LogP contribution in [0.3, 0.4) is 0 Å². The minimum Gasteiger partial charge on any atom is -0.343 e. The van der Waals surface area contributed by atoms with E-state index in [0.29, 0.717) is 0 Å². The predicted molar refractivity (Wildman–Crippen MR) is 69.6 cm³/mol. The van der Waals surface area contributed by atoms with Crippen molar-refractivity contribution >= 4 is 5.91 Å². The molecule has 90 valence electrons. The molecule has 0 unspecified atom stereocenters. The third kappa shape index (κ3) is 2.84. The van der Waals surface area contributed by atoms with Crippen molar-refractivity contribution in [2.24, 2.45) is 0 Å². The quantitative estimate of drug-likeness (QED) is 0.710. The van der Waals surface area contributed by atoms with Gasteiger partial charge in [-0.15, -0.1) is 0 Å². The van der Waals surface area contributed by atoms with E-state index in [1.807, 2.05) is 65.8 Å². The summed E-state index contributed by atoms with van der Waals surface area (Å²) in [7, 11) is 0. The first-order valence-corrected chi connectivity index (χ1v) is 6.03. The monoisotopic (exact) mass is 221 g/mol. The Kier molecular flexibility index (Phi) is 5.79. The SMILES string of the molecule is CC.CC.CC1(C)NC(=O)c2ccccc21. The Labute approximate surface area is 99.1 Å². The van der Waals surface area contributed by atoms with Crippen molar-refractivity contribution in [1.82, 2.24) is 5.32 Å². The zero-order valence-electron chi connectivity index (χ0n) is 11.2. The van der Waals surface area contributed by atoms with E-state index < -0.39 is 0 Å². The summed E-state index contributed by atoms with van der Waals surface area (Å²) in [6.45, 7) is 12.0. The summed E-state index contributed by atoms with van der Waals surface area (Å²) in [6.07, 6.45) is 0. The lowest BCUT2D eigenvalue weighted by molar-refractivity contribution is 0.0940. The van der Waals surface area contributed by atoms with Gasteiger partial charge in [0.05, 0.1) is 5.54 Å². The van der Waals surface area contributed by atoms with E-state index in [2.05, 4.69) is 5.32 Å². The third-order valence-electron chi connectivity index (χ3n) is 2.27. The first kappa shape index (κ1) is 14.7. The van der Waals surface area contributed by atoms with Gasteiger partial charge in [0.25, 0.3) is 5.91 Å². The van der Waals surface area contributed by atoms with Gasteiger partial charge in [-0.05, 0) is 25.5 Å². The average Bonchev–Trinajstić information content (AvgIpc) is 2.56. The molecule has 0 saturated carbocycles. The molecule has 1 aromatic rings. The molecule has 16 heavy (non-hydrogen) atoms. The number of fused-ring (bicyclic) bond motifs is 1. The fraction of sp³-hybridized carbons (Fsp3) is 0.500. The van der Waals surface area contributed by atoms with Crippen LogP contribution in [0.25, 0.3) is 0 Å². The van der Waals surface area contributed by atoms with Crippen LogP contribution in [-0.2, 0) is 5.54 Å². The smallest absolute Gasteiger partial charge is 0.252 e. The third-order valence-corrected chi connectivity index (χ3v) is 2.27. The molecule has 0 fully saturated rings. The fourth-order valence-corrected chi connectivity index (χ4v) is 1.64. The summed E-state index contributed by atoms with van der Waals surface area (Å²) in [5, 5.41) is 2.92. The van der Waals surface area contributed by atoms with Crippen LogP contribution in [-0.4, -0.2) is 5.91 Å². The summed E-state index contributed by atoms with van der Waals surface area (Å²) < 4.78 is 0. The number of carbonyl (C=O) groups excluding carboxylic acids is 1. The summed E-state index contributed by atoms with van der Waals surface area (Å²) in [5.41, 5.74) is 1.70. The Morgan fingerprint density at radius 1 is 1.00 bits per heavy atom. The maximum absolute atomic E-state index is 11.4. The predicted octanol–water partition coefficient (Wildman–Crippen LogP) is 3.72. The van der Waals surface area contributed by atoms with Crippen LogP contribution in [0.1, 0.15) is 57.5 Å². The van der Waals surface area contributed by atoms with Crippen LogP contribution in [0.5, 0.6) is 0 Å². The number of carbonyl (C=O) groups is 1. The fourth-order valence-electron chi connectivity index (χ4n) is 1.64. The van der Waals surface area contributed by atoms with E-state index in [9.17, 15) is 4.79 Å². The second-order valence-electron chi connectivity index (χ2n) is 3.62. The van der Waals surface area contributed by atoms with Gasteiger partial charge in [0.2, 0.25) is 0 Å². The number of hydrogen-bond donors (Lipinski definition) is 1. The number of amides is 1. The van der Waals surface area contributed by atoms with Crippen LogP contribution in [0.15, 0.2) is 24.3 Å². The van der Waals surface area contributed by atoms with Crippen molar-refractivity contribution in [1.29, 1.82) is 0 Å². The molecule has 1 aromatic carbocycles. The van der Waals surface area contributed by atoms with Gasteiger partial charge in [-0.25, -0.2) is 0 Å². The van der Waals surface area contributed by atoms with Gasteiger partial charge in [0.15, 0.2) is 0 Å². The Hall–Kier alpha value is -1.31. The molecule has 0 aromatic heterocycles. The number of rotatable bonds is 0. The van der Waals surface area contributed by atoms with Gasteiger partial charge >= 0.3 is 0 Å². The zero-order chi connectivity index (χ0) is 12.8. The van der Waals surface area contributed by atoms with Crippen molar-refractivity contribution in [3.8, 4) is 0 Å². The Morgan fingerprint density at radius 3 is 2.00 bits per heavy atom. The van der Waals surface area contributed by atoms with Crippen LogP contribution in [0, 0.1) is 0 Å². The normalized spacial score (nSPS) is 14.8. The van der Waals surface area contributed by atoms with Crippen molar-refractivity contribution in [2.75, 3.05) is 0 Å². The minimum absolute atomic E-state index is 0.0376. The molecule has 2 rings (SSSR count). The molecule has 0 spiro atoms. The van der Waals surface area contributed by atoms with Gasteiger partial charge in [0.1, 0.15) is 0 Å². The Bertz CT molecular complexity index is 342. The lowest BCUT2D eigenvalue weighted by atomic mass is 9.95. The Balaban J connectivity index is 0.000000509. The molecule has 1 amide bonds. The van der Waals surface area contributed by atoms with Crippen LogP contribution < -0.4 is 5.32 Å². The summed E-state index contributed by atoms with van der Waals surface area (Å²) in [4.78, 5) is 11.4. The summed E-state index contributed by atoms with van der Waals surface area (Å²) >= 11 is 0. The van der Waals surface area contributed by atoms with Gasteiger partial charge in [-0.3, -0.25) is 4.79 Å². The van der Waals surface area contributed by atoms with Gasteiger partial charge in [-0.2, -0.15) is 0 Å². The van der Waals surface area contributed by atoms with Gasteiger partial charge in [-0.1, -0.05) is 45.9 Å². The molecule has 0 saturated heterocycles. The second kappa shape index (κ2) is 6.31. The molecule has 1 N–H and O–H groups in total. The zero-order valence-corrected chi connectivity index (χ0v) is 11.2. The Morgan fingerprint density at radius 2 is 1.50 bits per heavy atom.